The number of carbonyl (C=O) groups excluding carboxylic acids is 2. The van der Waals surface area contributed by atoms with Gasteiger partial charge in [-0.25, -0.2) is 0 Å². The van der Waals surface area contributed by atoms with E-state index in [-0.39, 0.29) is 6.10 Å². The van der Waals surface area contributed by atoms with Crippen molar-refractivity contribution in [3.8, 4) is 0 Å². The molecule has 0 spiro atoms. The number of hydrogen-bond acceptors (Lipinski definition) is 4. The van der Waals surface area contributed by atoms with Crippen LogP contribution in [0, 0.1) is 0 Å². The summed E-state index contributed by atoms with van der Waals surface area (Å²) in [5, 5.41) is 0. The van der Waals surface area contributed by atoms with Gasteiger partial charge in [-0.2, -0.15) is 0 Å². The van der Waals surface area contributed by atoms with E-state index in [1.165, 1.54) is 0 Å². The largest absolute Gasteiger partial charge is 0.371 e. The molecule has 1 saturated heterocycles. The third-order valence-corrected chi connectivity index (χ3v) is 5.09. The van der Waals surface area contributed by atoms with Crippen molar-refractivity contribution in [2.75, 3.05) is 31.3 Å². The van der Waals surface area contributed by atoms with Crippen molar-refractivity contribution in [2.45, 2.75) is 6.10 Å². The lowest BCUT2D eigenvalue weighted by atomic mass is 10.1. The van der Waals surface area contributed by atoms with E-state index in [9.17, 15) is 9.59 Å². The smallest absolute Gasteiger partial charge is 0.300 e. The number of halogens is 1. The predicted molar refractivity (Wildman–Crippen MR) is 97.5 cm³/mol. The third-order valence-electron chi connectivity index (χ3n) is 4.60. The van der Waals surface area contributed by atoms with Crippen molar-refractivity contribution in [3.05, 3.63) is 64.1 Å². The number of rotatable bonds is 3. The summed E-state index contributed by atoms with van der Waals surface area (Å²) >= 11 is 3.36. The molecule has 2 aromatic rings. The van der Waals surface area contributed by atoms with Crippen molar-refractivity contribution in [2.24, 2.45) is 0 Å². The van der Waals surface area contributed by atoms with Gasteiger partial charge in [0.1, 0.15) is 0 Å². The number of morpholine rings is 1. The van der Waals surface area contributed by atoms with E-state index in [1.54, 1.807) is 11.0 Å². The van der Waals surface area contributed by atoms with Crippen LogP contribution < -0.4 is 4.90 Å². The van der Waals surface area contributed by atoms with Crippen molar-refractivity contribution in [1.82, 2.24) is 4.90 Å². The van der Waals surface area contributed by atoms with Crippen LogP contribution in [0.1, 0.15) is 22.0 Å². The van der Waals surface area contributed by atoms with Crippen LogP contribution in [0.4, 0.5) is 5.69 Å². The quantitative estimate of drug-likeness (QED) is 0.743. The van der Waals surface area contributed by atoms with Crippen molar-refractivity contribution < 1.29 is 14.3 Å². The Morgan fingerprint density at radius 2 is 1.92 bits per heavy atom. The standard InChI is InChI=1S/C19H17BrN2O3/c20-14-6-7-16-15(10-14)18(23)19(24)22(16)12-21-8-9-25-17(11-21)13-4-2-1-3-5-13/h1-7,10,17H,8-9,11-12H2. The molecule has 1 amide bonds. The minimum atomic E-state index is -0.462. The summed E-state index contributed by atoms with van der Waals surface area (Å²) in [4.78, 5) is 28.4. The summed E-state index contributed by atoms with van der Waals surface area (Å²) in [6.07, 6.45) is -0.0206. The number of amides is 1. The number of ketones is 1. The molecule has 2 heterocycles. The maximum absolute atomic E-state index is 12.4. The highest BCUT2D eigenvalue weighted by Gasteiger charge is 2.37. The maximum atomic E-state index is 12.4. The Hall–Kier alpha value is -2.02. The van der Waals surface area contributed by atoms with Gasteiger partial charge in [-0.05, 0) is 23.8 Å². The summed E-state index contributed by atoms with van der Waals surface area (Å²) in [6, 6.07) is 15.4. The molecule has 0 aromatic heterocycles. The van der Waals surface area contributed by atoms with Gasteiger partial charge >= 0.3 is 5.91 Å². The average molecular weight is 401 g/mol. The first-order valence-corrected chi connectivity index (χ1v) is 8.97. The Morgan fingerprint density at radius 3 is 2.72 bits per heavy atom. The molecule has 4 rings (SSSR count). The molecule has 0 N–H and O–H groups in total. The molecule has 0 saturated carbocycles. The van der Waals surface area contributed by atoms with E-state index < -0.39 is 11.7 Å². The Morgan fingerprint density at radius 1 is 1.12 bits per heavy atom. The highest BCUT2D eigenvalue weighted by Crippen LogP contribution is 2.32. The molecule has 1 fully saturated rings. The zero-order valence-electron chi connectivity index (χ0n) is 13.5. The van der Waals surface area contributed by atoms with Gasteiger partial charge in [0, 0.05) is 17.6 Å². The van der Waals surface area contributed by atoms with E-state index in [0.29, 0.717) is 31.1 Å². The molecular weight excluding hydrogens is 384 g/mol. The fraction of sp³-hybridized carbons (Fsp3) is 0.263. The molecule has 6 heteroatoms. The first-order valence-electron chi connectivity index (χ1n) is 8.18. The van der Waals surface area contributed by atoms with Gasteiger partial charge in [-0.1, -0.05) is 46.3 Å². The molecule has 2 aliphatic rings. The van der Waals surface area contributed by atoms with Gasteiger partial charge in [-0.15, -0.1) is 0 Å². The first kappa shape index (κ1) is 16.4. The molecule has 1 atom stereocenters. The summed E-state index contributed by atoms with van der Waals surface area (Å²) in [6.45, 7) is 2.41. The maximum Gasteiger partial charge on any atom is 0.300 e. The van der Waals surface area contributed by atoms with Crippen molar-refractivity contribution in [1.29, 1.82) is 0 Å². The fourth-order valence-electron chi connectivity index (χ4n) is 3.31. The average Bonchev–Trinajstić information content (AvgIpc) is 2.87. The molecule has 5 nitrogen and oxygen atoms in total. The highest BCUT2D eigenvalue weighted by atomic mass is 79.9. The van der Waals surface area contributed by atoms with E-state index in [2.05, 4.69) is 20.8 Å². The third kappa shape index (κ3) is 3.13. The second kappa shape index (κ2) is 6.71. The molecule has 0 bridgehead atoms. The molecule has 0 aliphatic carbocycles. The minimum Gasteiger partial charge on any atom is -0.371 e. The van der Waals surface area contributed by atoms with E-state index in [4.69, 9.17) is 4.74 Å². The lowest BCUT2D eigenvalue weighted by molar-refractivity contribution is -0.115. The van der Waals surface area contributed by atoms with Gasteiger partial charge in [0.2, 0.25) is 0 Å². The molecule has 0 radical (unpaired) electrons. The summed E-state index contributed by atoms with van der Waals surface area (Å²) in [5.41, 5.74) is 2.27. The molecule has 1 unspecified atom stereocenters. The van der Waals surface area contributed by atoms with Crippen LogP contribution in [0.2, 0.25) is 0 Å². The lowest BCUT2D eigenvalue weighted by Crippen LogP contribution is -2.46. The first-order chi connectivity index (χ1) is 12.1. The Bertz CT molecular complexity index is 825. The van der Waals surface area contributed by atoms with Gasteiger partial charge < -0.3 is 4.74 Å². The fourth-order valence-corrected chi connectivity index (χ4v) is 3.67. The number of nitrogens with zero attached hydrogens (tertiary/aromatic N) is 2. The van der Waals surface area contributed by atoms with Crippen LogP contribution in [0.3, 0.4) is 0 Å². The van der Waals surface area contributed by atoms with Crippen LogP contribution >= 0.6 is 15.9 Å². The second-order valence-electron chi connectivity index (χ2n) is 6.21. The predicted octanol–water partition coefficient (Wildman–Crippen LogP) is 3.01. The van der Waals surface area contributed by atoms with E-state index >= 15 is 0 Å². The number of hydrogen-bond donors (Lipinski definition) is 0. The normalized spacial score (nSPS) is 20.8. The molecular formula is C19H17BrN2O3. The lowest BCUT2D eigenvalue weighted by Gasteiger charge is -2.35. The molecule has 128 valence electrons. The minimum absolute atomic E-state index is 0.0206. The van der Waals surface area contributed by atoms with Crippen LogP contribution in [-0.4, -0.2) is 43.0 Å². The number of ether oxygens (including phenoxy) is 1. The monoisotopic (exact) mass is 400 g/mol. The summed E-state index contributed by atoms with van der Waals surface area (Å²) in [5.74, 6) is -0.903. The van der Waals surface area contributed by atoms with Crippen molar-refractivity contribution in [3.63, 3.8) is 0 Å². The highest BCUT2D eigenvalue weighted by molar-refractivity contribution is 9.10. The molecule has 25 heavy (non-hydrogen) atoms. The van der Waals surface area contributed by atoms with Crippen LogP contribution in [0.25, 0.3) is 0 Å². The Balaban J connectivity index is 1.53. The SMILES string of the molecule is O=C1C(=O)N(CN2CCOC(c3ccccc3)C2)c2ccc(Br)cc21. The van der Waals surface area contributed by atoms with Gasteiger partial charge in [-0.3, -0.25) is 19.4 Å². The van der Waals surface area contributed by atoms with Crippen molar-refractivity contribution >= 4 is 33.3 Å². The van der Waals surface area contributed by atoms with Gasteiger partial charge in [0.25, 0.3) is 5.78 Å². The number of anilines is 1. The zero-order valence-corrected chi connectivity index (χ0v) is 15.1. The Labute approximate surface area is 154 Å². The number of fused-ring (bicyclic) bond motifs is 1. The zero-order chi connectivity index (χ0) is 17.4. The topological polar surface area (TPSA) is 49.9 Å². The number of carbonyl (C=O) groups is 2. The van der Waals surface area contributed by atoms with E-state index in [1.807, 2.05) is 42.5 Å². The van der Waals surface area contributed by atoms with Crippen LogP contribution in [-0.2, 0) is 9.53 Å². The van der Waals surface area contributed by atoms with E-state index in [0.717, 1.165) is 16.6 Å². The second-order valence-corrected chi connectivity index (χ2v) is 7.13. The summed E-state index contributed by atoms with van der Waals surface area (Å²) < 4.78 is 6.67. The molecule has 2 aromatic carbocycles. The Kier molecular flexibility index (Phi) is 4.41. The van der Waals surface area contributed by atoms with Gasteiger partial charge in [0.15, 0.2) is 0 Å². The molecule has 2 aliphatic heterocycles. The van der Waals surface area contributed by atoms with Crippen LogP contribution in [0.5, 0.6) is 0 Å². The number of benzene rings is 2. The number of Topliss-reactive ketones (excluding diaryl/α,β-unsaturated/α-hetero) is 1. The van der Waals surface area contributed by atoms with Gasteiger partial charge in [0.05, 0.1) is 30.6 Å². The van der Waals surface area contributed by atoms with Crippen LogP contribution in [0.15, 0.2) is 53.0 Å². The summed E-state index contributed by atoms with van der Waals surface area (Å²) in [7, 11) is 0.